The minimum Gasteiger partial charge on any atom is -0.497 e. The van der Waals surface area contributed by atoms with Crippen molar-refractivity contribution in [3.05, 3.63) is 102 Å². The number of rotatable bonds is 5. The lowest BCUT2D eigenvalue weighted by Crippen LogP contribution is -2.56. The largest absolute Gasteiger partial charge is 0.497 e. The SMILES string of the molecule is COc1ccc(C2CN(C(=O)C(C)(c3ccccc3)c3ccccc3)CCN2C(C)=O)cc1. The number of carbonyl (C=O) groups excluding carboxylic acids is 2. The van der Waals surface area contributed by atoms with Crippen molar-refractivity contribution < 1.29 is 14.3 Å². The molecule has 4 rings (SSSR count). The molecule has 1 heterocycles. The molecule has 0 spiro atoms. The summed E-state index contributed by atoms with van der Waals surface area (Å²) in [5.41, 5.74) is 2.07. The zero-order valence-corrected chi connectivity index (χ0v) is 19.4. The maximum absolute atomic E-state index is 14.2. The van der Waals surface area contributed by atoms with Crippen molar-refractivity contribution in [3.63, 3.8) is 0 Å². The van der Waals surface area contributed by atoms with E-state index in [4.69, 9.17) is 4.74 Å². The molecule has 5 heteroatoms. The highest BCUT2D eigenvalue weighted by molar-refractivity contribution is 5.92. The number of piperazine rings is 1. The van der Waals surface area contributed by atoms with E-state index >= 15 is 0 Å². The summed E-state index contributed by atoms with van der Waals surface area (Å²) in [6.07, 6.45) is 0. The van der Waals surface area contributed by atoms with Gasteiger partial charge in [-0.1, -0.05) is 72.8 Å². The number of hydrogen-bond donors (Lipinski definition) is 0. The van der Waals surface area contributed by atoms with Gasteiger partial charge in [-0.15, -0.1) is 0 Å². The summed E-state index contributed by atoms with van der Waals surface area (Å²) in [6.45, 7) is 5.03. The lowest BCUT2D eigenvalue weighted by molar-refractivity contribution is -0.144. The summed E-state index contributed by atoms with van der Waals surface area (Å²) < 4.78 is 5.29. The third kappa shape index (κ3) is 4.36. The van der Waals surface area contributed by atoms with Crippen LogP contribution in [0, 0.1) is 0 Å². The minimum absolute atomic E-state index is 0.0109. The van der Waals surface area contributed by atoms with E-state index in [0.717, 1.165) is 22.4 Å². The molecule has 0 N–H and O–H groups in total. The van der Waals surface area contributed by atoms with Gasteiger partial charge in [-0.05, 0) is 35.7 Å². The van der Waals surface area contributed by atoms with Gasteiger partial charge >= 0.3 is 0 Å². The molecule has 170 valence electrons. The Morgan fingerprint density at radius 2 is 1.39 bits per heavy atom. The van der Waals surface area contributed by atoms with Gasteiger partial charge in [-0.25, -0.2) is 0 Å². The van der Waals surface area contributed by atoms with E-state index in [1.54, 1.807) is 14.0 Å². The molecular formula is C28H30N2O3. The van der Waals surface area contributed by atoms with Crippen LogP contribution in [0.2, 0.25) is 0 Å². The number of methoxy groups -OCH3 is 1. The fourth-order valence-corrected chi connectivity index (χ4v) is 4.73. The van der Waals surface area contributed by atoms with Gasteiger partial charge in [0.2, 0.25) is 11.8 Å². The Hall–Kier alpha value is -3.60. The number of amides is 2. The molecule has 5 nitrogen and oxygen atoms in total. The Morgan fingerprint density at radius 3 is 1.88 bits per heavy atom. The van der Waals surface area contributed by atoms with Crippen LogP contribution in [0.15, 0.2) is 84.9 Å². The maximum Gasteiger partial charge on any atom is 0.237 e. The van der Waals surface area contributed by atoms with E-state index in [0.29, 0.717) is 19.6 Å². The van der Waals surface area contributed by atoms with Crippen molar-refractivity contribution in [2.24, 2.45) is 0 Å². The number of ether oxygens (including phenoxy) is 1. The second-order valence-corrected chi connectivity index (χ2v) is 8.61. The summed E-state index contributed by atoms with van der Waals surface area (Å²) >= 11 is 0. The molecule has 1 fully saturated rings. The van der Waals surface area contributed by atoms with E-state index in [1.165, 1.54) is 0 Å². The first-order valence-corrected chi connectivity index (χ1v) is 11.3. The summed E-state index contributed by atoms with van der Waals surface area (Å²) in [5.74, 6) is 0.816. The first kappa shape index (κ1) is 22.6. The molecule has 1 aliphatic heterocycles. The van der Waals surface area contributed by atoms with Gasteiger partial charge in [0, 0.05) is 26.6 Å². The summed E-state index contributed by atoms with van der Waals surface area (Å²) in [7, 11) is 1.63. The van der Waals surface area contributed by atoms with E-state index in [1.807, 2.05) is 102 Å². The molecule has 33 heavy (non-hydrogen) atoms. The van der Waals surface area contributed by atoms with Gasteiger partial charge in [0.25, 0.3) is 0 Å². The molecule has 1 saturated heterocycles. The highest BCUT2D eigenvalue weighted by atomic mass is 16.5. The monoisotopic (exact) mass is 442 g/mol. The van der Waals surface area contributed by atoms with Crippen molar-refractivity contribution in [1.82, 2.24) is 9.80 Å². The molecule has 0 bridgehead atoms. The summed E-state index contributed by atoms with van der Waals surface area (Å²) in [6, 6.07) is 27.4. The highest BCUT2D eigenvalue weighted by Gasteiger charge is 2.42. The predicted octanol–water partition coefficient (Wildman–Crippen LogP) is 4.43. The second kappa shape index (κ2) is 9.49. The van der Waals surface area contributed by atoms with Crippen LogP contribution in [0.3, 0.4) is 0 Å². The van der Waals surface area contributed by atoms with Gasteiger partial charge in [0.05, 0.1) is 18.6 Å². The van der Waals surface area contributed by atoms with Crippen LogP contribution in [0.5, 0.6) is 5.75 Å². The van der Waals surface area contributed by atoms with Crippen LogP contribution >= 0.6 is 0 Å². The number of benzene rings is 3. The van der Waals surface area contributed by atoms with Crippen molar-refractivity contribution in [3.8, 4) is 5.75 Å². The number of nitrogens with zero attached hydrogens (tertiary/aromatic N) is 2. The van der Waals surface area contributed by atoms with Gasteiger partial charge in [-0.2, -0.15) is 0 Å². The lowest BCUT2D eigenvalue weighted by atomic mass is 9.74. The van der Waals surface area contributed by atoms with Gasteiger partial charge in [-0.3, -0.25) is 9.59 Å². The number of hydrogen-bond acceptors (Lipinski definition) is 3. The van der Waals surface area contributed by atoms with Crippen LogP contribution in [0.4, 0.5) is 0 Å². The lowest BCUT2D eigenvalue weighted by Gasteiger charge is -2.44. The van der Waals surface area contributed by atoms with E-state index < -0.39 is 5.41 Å². The molecule has 0 aromatic heterocycles. The van der Waals surface area contributed by atoms with E-state index in [-0.39, 0.29) is 17.9 Å². The van der Waals surface area contributed by atoms with Crippen LogP contribution in [0.1, 0.15) is 36.6 Å². The van der Waals surface area contributed by atoms with Crippen LogP contribution in [-0.4, -0.2) is 48.4 Å². The minimum atomic E-state index is -0.828. The van der Waals surface area contributed by atoms with Crippen molar-refractivity contribution in [2.75, 3.05) is 26.7 Å². The molecule has 3 aromatic carbocycles. The van der Waals surface area contributed by atoms with Crippen LogP contribution in [0.25, 0.3) is 0 Å². The summed E-state index contributed by atoms with van der Waals surface area (Å²) in [4.78, 5) is 30.4. The third-order valence-corrected chi connectivity index (χ3v) is 6.70. The second-order valence-electron chi connectivity index (χ2n) is 8.61. The summed E-state index contributed by atoms with van der Waals surface area (Å²) in [5, 5.41) is 0. The average Bonchev–Trinajstić information content (AvgIpc) is 2.88. The van der Waals surface area contributed by atoms with Gasteiger partial charge in [0.15, 0.2) is 0 Å². The zero-order chi connectivity index (χ0) is 23.4. The molecule has 0 aliphatic carbocycles. The standard InChI is InChI=1S/C28H30N2O3/c1-21(31)30-19-18-29(20-26(30)22-14-16-25(33-3)17-15-22)27(32)28(2,23-10-6-4-7-11-23)24-12-8-5-9-13-24/h4-17,26H,18-20H2,1-3H3. The molecule has 1 aliphatic rings. The highest BCUT2D eigenvalue weighted by Crippen LogP contribution is 2.36. The zero-order valence-electron chi connectivity index (χ0n) is 19.4. The van der Waals surface area contributed by atoms with Crippen molar-refractivity contribution in [2.45, 2.75) is 25.3 Å². The Morgan fingerprint density at radius 1 is 0.848 bits per heavy atom. The van der Waals surface area contributed by atoms with Gasteiger partial charge < -0.3 is 14.5 Å². The molecular weight excluding hydrogens is 412 g/mol. The smallest absolute Gasteiger partial charge is 0.237 e. The Bertz CT molecular complexity index is 1060. The van der Waals surface area contributed by atoms with Crippen LogP contribution in [-0.2, 0) is 15.0 Å². The third-order valence-electron chi connectivity index (χ3n) is 6.70. The molecule has 0 radical (unpaired) electrons. The first-order chi connectivity index (χ1) is 15.9. The normalized spacial score (nSPS) is 16.4. The topological polar surface area (TPSA) is 49.9 Å². The predicted molar refractivity (Wildman–Crippen MR) is 129 cm³/mol. The fraction of sp³-hybridized carbons (Fsp3) is 0.286. The van der Waals surface area contributed by atoms with Crippen molar-refractivity contribution in [1.29, 1.82) is 0 Å². The maximum atomic E-state index is 14.2. The van der Waals surface area contributed by atoms with E-state index in [9.17, 15) is 9.59 Å². The Kier molecular flexibility index (Phi) is 6.50. The molecule has 1 atom stereocenters. The quantitative estimate of drug-likeness (QED) is 0.587. The Balaban J connectivity index is 1.70. The van der Waals surface area contributed by atoms with Crippen molar-refractivity contribution >= 4 is 11.8 Å². The average molecular weight is 443 g/mol. The van der Waals surface area contributed by atoms with Gasteiger partial charge in [0.1, 0.15) is 5.75 Å². The van der Waals surface area contributed by atoms with E-state index in [2.05, 4.69) is 0 Å². The fourth-order valence-electron chi connectivity index (χ4n) is 4.73. The Labute approximate surface area is 195 Å². The molecule has 3 aromatic rings. The number of carbonyl (C=O) groups is 2. The molecule has 2 amide bonds. The molecule has 0 saturated carbocycles. The first-order valence-electron chi connectivity index (χ1n) is 11.3. The van der Waals surface area contributed by atoms with Crippen LogP contribution < -0.4 is 4.74 Å². The molecule has 1 unspecified atom stereocenters.